The molecule has 1 aliphatic rings. The second-order valence-electron chi connectivity index (χ2n) is 13.1. The van der Waals surface area contributed by atoms with Crippen molar-refractivity contribution in [2.45, 2.75) is 0 Å². The molecule has 0 fully saturated rings. The number of furan rings is 1. The molecule has 0 unspecified atom stereocenters. The van der Waals surface area contributed by atoms with Gasteiger partial charge in [0.05, 0.1) is 0 Å². The normalized spacial score (nSPS) is 12.0. The molecule has 0 amide bonds. The molecule has 0 spiro atoms. The summed E-state index contributed by atoms with van der Waals surface area (Å²) in [7, 11) is 0. The Labute approximate surface area is 293 Å². The fourth-order valence-electron chi connectivity index (χ4n) is 8.29. The second-order valence-corrected chi connectivity index (χ2v) is 14.2. The van der Waals surface area contributed by atoms with Crippen molar-refractivity contribution in [1.29, 1.82) is 0 Å². The summed E-state index contributed by atoms with van der Waals surface area (Å²) in [6.45, 7) is 0. The van der Waals surface area contributed by atoms with Crippen LogP contribution in [-0.4, -0.2) is 0 Å². The van der Waals surface area contributed by atoms with Crippen LogP contribution in [-0.2, 0) is 0 Å². The number of rotatable bonds is 2. The molecule has 0 aliphatic heterocycles. The Hall–Kier alpha value is -6.22. The van der Waals surface area contributed by atoms with Gasteiger partial charge >= 0.3 is 0 Å². The zero-order valence-electron chi connectivity index (χ0n) is 27.0. The smallest absolute Gasteiger partial charge is 0.143 e. The Balaban J connectivity index is 1.33. The minimum Gasteiger partial charge on any atom is -0.455 e. The molecule has 0 bridgehead atoms. The predicted octanol–water partition coefficient (Wildman–Crippen LogP) is 14.3. The lowest BCUT2D eigenvalue weighted by molar-refractivity contribution is 0.670. The first kappa shape index (κ1) is 27.7. The van der Waals surface area contributed by atoms with Gasteiger partial charge in [0.25, 0.3) is 0 Å². The molecule has 50 heavy (non-hydrogen) atoms. The SMILES string of the molecule is c1ccc2c(c1)-c1ccccc1-c1cc(-c3cccc4c3oc3ccccc34)cc(-c3cccc4c3sc3ccccc34)c1-c1ccccc1-2. The molecule has 2 heterocycles. The van der Waals surface area contributed by atoms with Crippen LogP contribution in [0, 0.1) is 0 Å². The number of thiophene rings is 1. The highest BCUT2D eigenvalue weighted by molar-refractivity contribution is 7.26. The zero-order valence-corrected chi connectivity index (χ0v) is 27.8. The lowest BCUT2D eigenvalue weighted by Crippen LogP contribution is -1.99. The largest absolute Gasteiger partial charge is 0.455 e. The van der Waals surface area contributed by atoms with Gasteiger partial charge in [0, 0.05) is 42.1 Å². The molecular weight excluding hydrogens is 625 g/mol. The summed E-state index contributed by atoms with van der Waals surface area (Å²) in [5.41, 5.74) is 16.5. The summed E-state index contributed by atoms with van der Waals surface area (Å²) >= 11 is 1.89. The van der Waals surface area contributed by atoms with Gasteiger partial charge in [-0.1, -0.05) is 146 Å². The maximum absolute atomic E-state index is 6.66. The van der Waals surface area contributed by atoms with Crippen molar-refractivity contribution in [3.05, 3.63) is 170 Å². The van der Waals surface area contributed by atoms with E-state index in [4.69, 9.17) is 4.42 Å². The number of benzene rings is 8. The number of hydrogen-bond acceptors (Lipinski definition) is 2. The van der Waals surface area contributed by atoms with Gasteiger partial charge in [-0.15, -0.1) is 11.3 Å². The Morgan fingerprint density at radius 1 is 0.340 bits per heavy atom. The van der Waals surface area contributed by atoms with E-state index in [0.29, 0.717) is 0 Å². The topological polar surface area (TPSA) is 13.1 Å². The molecule has 0 radical (unpaired) electrons. The van der Waals surface area contributed by atoms with Crippen molar-refractivity contribution < 1.29 is 4.42 Å². The van der Waals surface area contributed by atoms with Crippen LogP contribution in [0.1, 0.15) is 0 Å². The highest BCUT2D eigenvalue weighted by Crippen LogP contribution is 2.53. The third-order valence-electron chi connectivity index (χ3n) is 10.5. The molecular formula is C48H28OS. The van der Waals surface area contributed by atoms with Gasteiger partial charge in [0.2, 0.25) is 0 Å². The fraction of sp³-hybridized carbons (Fsp3) is 0. The van der Waals surface area contributed by atoms with E-state index in [2.05, 4.69) is 164 Å². The second kappa shape index (κ2) is 10.6. The van der Waals surface area contributed by atoms with Crippen LogP contribution in [0.15, 0.2) is 174 Å². The lowest BCUT2D eigenvalue weighted by atomic mass is 9.77. The average Bonchev–Trinajstić information content (AvgIpc) is 3.76. The first-order valence-electron chi connectivity index (χ1n) is 17.1. The Kier molecular flexibility index (Phi) is 5.89. The maximum Gasteiger partial charge on any atom is 0.143 e. The molecule has 0 N–H and O–H groups in total. The quantitative estimate of drug-likeness (QED) is 0.181. The molecule has 1 aliphatic carbocycles. The molecule has 232 valence electrons. The minimum atomic E-state index is 0.910. The van der Waals surface area contributed by atoms with Gasteiger partial charge < -0.3 is 4.42 Å². The Bertz CT molecular complexity index is 2990. The van der Waals surface area contributed by atoms with E-state index in [-0.39, 0.29) is 0 Å². The number of fused-ring (bicyclic) bond motifs is 14. The van der Waals surface area contributed by atoms with Gasteiger partial charge in [0.15, 0.2) is 0 Å². The summed E-state index contributed by atoms with van der Waals surface area (Å²) in [5, 5.41) is 4.88. The highest BCUT2D eigenvalue weighted by Gasteiger charge is 2.27. The van der Waals surface area contributed by atoms with E-state index in [9.17, 15) is 0 Å². The Morgan fingerprint density at radius 3 is 1.54 bits per heavy atom. The van der Waals surface area contributed by atoms with Crippen molar-refractivity contribution in [2.24, 2.45) is 0 Å². The Morgan fingerprint density at radius 2 is 0.820 bits per heavy atom. The van der Waals surface area contributed by atoms with Crippen LogP contribution in [0.2, 0.25) is 0 Å². The van der Waals surface area contributed by atoms with E-state index in [0.717, 1.165) is 33.1 Å². The number of para-hydroxylation sites is 2. The summed E-state index contributed by atoms with van der Waals surface area (Å²) in [6.07, 6.45) is 0. The van der Waals surface area contributed by atoms with E-state index >= 15 is 0 Å². The van der Waals surface area contributed by atoms with Crippen LogP contribution < -0.4 is 0 Å². The molecule has 0 atom stereocenters. The molecule has 0 saturated carbocycles. The van der Waals surface area contributed by atoms with Gasteiger partial charge in [-0.25, -0.2) is 0 Å². The van der Waals surface area contributed by atoms with Crippen LogP contribution >= 0.6 is 11.3 Å². The van der Waals surface area contributed by atoms with Crippen molar-refractivity contribution in [3.8, 4) is 66.8 Å². The van der Waals surface area contributed by atoms with Crippen LogP contribution in [0.4, 0.5) is 0 Å². The summed E-state index contributed by atoms with van der Waals surface area (Å²) in [6, 6.07) is 62.1. The van der Waals surface area contributed by atoms with Crippen LogP contribution in [0.3, 0.4) is 0 Å². The lowest BCUT2D eigenvalue weighted by Gasteiger charge is -2.26. The molecule has 8 aromatic carbocycles. The van der Waals surface area contributed by atoms with E-state index in [1.54, 1.807) is 0 Å². The zero-order chi connectivity index (χ0) is 32.8. The number of hydrogen-bond donors (Lipinski definition) is 0. The van der Waals surface area contributed by atoms with Crippen molar-refractivity contribution >= 4 is 53.4 Å². The van der Waals surface area contributed by atoms with Crippen LogP contribution in [0.25, 0.3) is 109 Å². The van der Waals surface area contributed by atoms with Crippen molar-refractivity contribution in [1.82, 2.24) is 0 Å². The first-order valence-corrected chi connectivity index (χ1v) is 17.9. The maximum atomic E-state index is 6.66. The molecule has 0 saturated heterocycles. The molecule has 1 nitrogen and oxygen atoms in total. The third kappa shape index (κ3) is 3.94. The predicted molar refractivity (Wildman–Crippen MR) is 213 cm³/mol. The molecule has 11 rings (SSSR count). The summed E-state index contributed by atoms with van der Waals surface area (Å²) in [5.74, 6) is 0. The van der Waals surface area contributed by atoms with Gasteiger partial charge in [-0.3, -0.25) is 0 Å². The summed E-state index contributed by atoms with van der Waals surface area (Å²) in [4.78, 5) is 0. The van der Waals surface area contributed by atoms with Gasteiger partial charge in [-0.2, -0.15) is 0 Å². The summed E-state index contributed by atoms with van der Waals surface area (Å²) < 4.78 is 9.27. The molecule has 2 heteroatoms. The third-order valence-corrected chi connectivity index (χ3v) is 11.7. The standard InChI is InChI=1S/C48H28OS/c1-2-14-32-31(13-1)33-15-3-4-17-35(33)42-27-29(30-21-11-22-39-36-18-7-9-25-44(36)49-47(30)39)28-43(46(42)38-20-6-5-16-34(32)38)41-24-12-23-40-37-19-8-10-26-45(37)50-48(40)41/h1-28H. The monoisotopic (exact) mass is 652 g/mol. The fourth-order valence-corrected chi connectivity index (χ4v) is 9.52. The molecule has 10 aromatic rings. The van der Waals surface area contributed by atoms with E-state index < -0.39 is 0 Å². The van der Waals surface area contributed by atoms with Crippen molar-refractivity contribution in [2.75, 3.05) is 0 Å². The first-order chi connectivity index (χ1) is 24.8. The van der Waals surface area contributed by atoms with E-state index in [1.165, 1.54) is 75.8 Å². The highest BCUT2D eigenvalue weighted by atomic mass is 32.1. The minimum absolute atomic E-state index is 0.910. The van der Waals surface area contributed by atoms with Crippen LogP contribution in [0.5, 0.6) is 0 Å². The average molecular weight is 653 g/mol. The van der Waals surface area contributed by atoms with E-state index in [1.807, 2.05) is 17.4 Å². The van der Waals surface area contributed by atoms with Crippen molar-refractivity contribution in [3.63, 3.8) is 0 Å². The van der Waals surface area contributed by atoms with Gasteiger partial charge in [-0.05, 0) is 79.9 Å². The van der Waals surface area contributed by atoms with Gasteiger partial charge in [0.1, 0.15) is 11.2 Å². The molecule has 2 aromatic heterocycles.